The van der Waals surface area contributed by atoms with Crippen LogP contribution in [0.15, 0.2) is 53.5 Å². The van der Waals surface area contributed by atoms with Gasteiger partial charge in [-0.3, -0.25) is 14.5 Å². The summed E-state index contributed by atoms with van der Waals surface area (Å²) in [6.07, 6.45) is 2.59. The number of nitrogens with zero attached hydrogens (tertiary/aromatic N) is 3. The van der Waals surface area contributed by atoms with E-state index in [-0.39, 0.29) is 18.0 Å². The molecule has 1 aliphatic heterocycles. The van der Waals surface area contributed by atoms with E-state index in [4.69, 9.17) is 0 Å². The number of amides is 1. The van der Waals surface area contributed by atoms with Crippen molar-refractivity contribution in [2.45, 2.75) is 25.6 Å². The average Bonchev–Trinajstić information content (AvgIpc) is 2.57. The summed E-state index contributed by atoms with van der Waals surface area (Å²) in [5.74, 6) is -0.0458. The summed E-state index contributed by atoms with van der Waals surface area (Å²) >= 11 is 0. The molecule has 0 bridgehead atoms. The Labute approximate surface area is 142 Å². The first-order chi connectivity index (χ1) is 11.5. The summed E-state index contributed by atoms with van der Waals surface area (Å²) < 4.78 is 1.44. The van der Waals surface area contributed by atoms with Gasteiger partial charge in [0.05, 0.1) is 0 Å². The third-order valence-corrected chi connectivity index (χ3v) is 4.73. The number of carbonyl (C=O) groups excluding carboxylic acids is 1. The van der Waals surface area contributed by atoms with Crippen LogP contribution in [0, 0.1) is 0 Å². The van der Waals surface area contributed by atoms with Gasteiger partial charge in [-0.25, -0.2) is 0 Å². The van der Waals surface area contributed by atoms with E-state index in [2.05, 4.69) is 36.2 Å². The van der Waals surface area contributed by atoms with Crippen LogP contribution in [0.4, 0.5) is 0 Å². The summed E-state index contributed by atoms with van der Waals surface area (Å²) in [6, 6.07) is 13.7. The number of aromatic nitrogens is 1. The van der Waals surface area contributed by atoms with Gasteiger partial charge in [0.1, 0.15) is 6.54 Å². The number of carbonyl (C=O) groups is 1. The summed E-state index contributed by atoms with van der Waals surface area (Å²) in [5, 5.41) is 0. The van der Waals surface area contributed by atoms with E-state index in [1.165, 1.54) is 21.8 Å². The molecule has 2 aromatic rings. The highest BCUT2D eigenvalue weighted by Gasteiger charge is 2.25. The molecule has 0 spiro atoms. The van der Waals surface area contributed by atoms with Crippen LogP contribution in [0.25, 0.3) is 0 Å². The molecule has 1 aromatic heterocycles. The molecule has 1 aliphatic rings. The van der Waals surface area contributed by atoms with Crippen molar-refractivity contribution in [1.82, 2.24) is 14.4 Å². The lowest BCUT2D eigenvalue weighted by molar-refractivity contribution is -0.131. The summed E-state index contributed by atoms with van der Waals surface area (Å²) in [6.45, 7) is 1.65. The highest BCUT2D eigenvalue weighted by atomic mass is 16.2. The van der Waals surface area contributed by atoms with Gasteiger partial charge in [0.25, 0.3) is 5.56 Å². The van der Waals surface area contributed by atoms with Gasteiger partial charge in [0, 0.05) is 38.4 Å². The molecule has 24 heavy (non-hydrogen) atoms. The second-order valence-electron chi connectivity index (χ2n) is 6.48. The minimum absolute atomic E-state index is 0.0458. The highest BCUT2D eigenvalue weighted by molar-refractivity contribution is 5.75. The maximum Gasteiger partial charge on any atom is 0.250 e. The summed E-state index contributed by atoms with van der Waals surface area (Å²) in [5.41, 5.74) is 2.57. The Hall–Kier alpha value is -2.40. The molecular formula is C19H23N3O2. The van der Waals surface area contributed by atoms with Crippen molar-refractivity contribution in [3.05, 3.63) is 70.1 Å². The quantitative estimate of drug-likeness (QED) is 0.853. The molecule has 1 atom stereocenters. The van der Waals surface area contributed by atoms with Gasteiger partial charge in [-0.05, 0) is 30.7 Å². The van der Waals surface area contributed by atoms with Crippen molar-refractivity contribution in [3.8, 4) is 0 Å². The largest absolute Gasteiger partial charge is 0.343 e. The lowest BCUT2D eigenvalue weighted by Gasteiger charge is -2.36. The fourth-order valence-electron chi connectivity index (χ4n) is 3.20. The van der Waals surface area contributed by atoms with Crippen molar-refractivity contribution in [2.75, 3.05) is 20.6 Å². The predicted octanol–water partition coefficient (Wildman–Crippen LogP) is 1.36. The minimum Gasteiger partial charge on any atom is -0.343 e. The number of pyridine rings is 1. The number of fused-ring (bicyclic) bond motifs is 1. The molecule has 5 heteroatoms. The Bertz CT molecular complexity index is 784. The molecule has 1 amide bonds. The lowest BCUT2D eigenvalue weighted by Crippen LogP contribution is -2.47. The molecule has 1 aromatic carbocycles. The van der Waals surface area contributed by atoms with Gasteiger partial charge in [0.2, 0.25) is 5.91 Å². The molecule has 0 radical (unpaired) electrons. The standard InChI is InChI=1S/C19H23N3O2/c1-20-12-16-8-4-3-7-15(16)11-17(20)13-21(2)19(24)14-22-10-6-5-9-18(22)23/h3-10,17H,11-14H2,1-2H3. The van der Waals surface area contributed by atoms with E-state index in [1.807, 2.05) is 7.05 Å². The smallest absolute Gasteiger partial charge is 0.250 e. The fourth-order valence-corrected chi connectivity index (χ4v) is 3.20. The fraction of sp³-hybridized carbons (Fsp3) is 0.368. The molecular weight excluding hydrogens is 302 g/mol. The van der Waals surface area contributed by atoms with E-state index in [0.29, 0.717) is 12.6 Å². The van der Waals surface area contributed by atoms with Crippen molar-refractivity contribution < 1.29 is 4.79 Å². The maximum absolute atomic E-state index is 12.4. The molecule has 3 rings (SSSR count). The second kappa shape index (κ2) is 7.01. The zero-order chi connectivity index (χ0) is 17.1. The molecule has 2 heterocycles. The van der Waals surface area contributed by atoms with Crippen LogP contribution in [-0.2, 0) is 24.3 Å². The van der Waals surface area contributed by atoms with Crippen LogP contribution < -0.4 is 5.56 Å². The third kappa shape index (κ3) is 3.57. The van der Waals surface area contributed by atoms with Crippen molar-refractivity contribution in [2.24, 2.45) is 0 Å². The lowest BCUT2D eigenvalue weighted by atomic mass is 9.94. The number of hydrogen-bond acceptors (Lipinski definition) is 3. The number of hydrogen-bond donors (Lipinski definition) is 0. The molecule has 1 unspecified atom stereocenters. The molecule has 0 saturated heterocycles. The highest BCUT2D eigenvalue weighted by Crippen LogP contribution is 2.22. The number of rotatable bonds is 4. The zero-order valence-corrected chi connectivity index (χ0v) is 14.2. The molecule has 0 aliphatic carbocycles. The van der Waals surface area contributed by atoms with Crippen LogP contribution in [0.3, 0.4) is 0 Å². The van der Waals surface area contributed by atoms with Crippen LogP contribution in [0.2, 0.25) is 0 Å². The van der Waals surface area contributed by atoms with E-state index in [1.54, 1.807) is 23.2 Å². The predicted molar refractivity (Wildman–Crippen MR) is 93.7 cm³/mol. The van der Waals surface area contributed by atoms with E-state index in [0.717, 1.165) is 13.0 Å². The van der Waals surface area contributed by atoms with Gasteiger partial charge in [-0.2, -0.15) is 0 Å². The molecule has 0 N–H and O–H groups in total. The Kier molecular flexibility index (Phi) is 4.81. The molecule has 5 nitrogen and oxygen atoms in total. The first-order valence-corrected chi connectivity index (χ1v) is 8.21. The van der Waals surface area contributed by atoms with Crippen LogP contribution >= 0.6 is 0 Å². The van der Waals surface area contributed by atoms with Gasteiger partial charge in [-0.15, -0.1) is 0 Å². The summed E-state index contributed by atoms with van der Waals surface area (Å²) in [4.78, 5) is 28.2. The second-order valence-corrected chi connectivity index (χ2v) is 6.48. The maximum atomic E-state index is 12.4. The third-order valence-electron chi connectivity index (χ3n) is 4.73. The van der Waals surface area contributed by atoms with E-state index in [9.17, 15) is 9.59 Å². The first-order valence-electron chi connectivity index (χ1n) is 8.21. The Morgan fingerprint density at radius 3 is 2.62 bits per heavy atom. The van der Waals surface area contributed by atoms with Gasteiger partial charge in [0.15, 0.2) is 0 Å². The average molecular weight is 325 g/mol. The number of likely N-dealkylation sites (N-methyl/N-ethyl adjacent to an activating group) is 2. The van der Waals surface area contributed by atoms with Crippen molar-refractivity contribution >= 4 is 5.91 Å². The SMILES string of the molecule is CN(CC1Cc2ccccc2CN1C)C(=O)Cn1ccccc1=O. The zero-order valence-electron chi connectivity index (χ0n) is 14.2. The van der Waals surface area contributed by atoms with Crippen molar-refractivity contribution in [1.29, 1.82) is 0 Å². The topological polar surface area (TPSA) is 45.5 Å². The monoisotopic (exact) mass is 325 g/mol. The Balaban J connectivity index is 1.64. The van der Waals surface area contributed by atoms with Gasteiger partial charge in [-0.1, -0.05) is 30.3 Å². The van der Waals surface area contributed by atoms with Crippen molar-refractivity contribution in [3.63, 3.8) is 0 Å². The Morgan fingerprint density at radius 2 is 1.88 bits per heavy atom. The molecule has 0 saturated carbocycles. The molecule has 0 fully saturated rings. The van der Waals surface area contributed by atoms with Gasteiger partial charge >= 0.3 is 0 Å². The Morgan fingerprint density at radius 1 is 1.17 bits per heavy atom. The summed E-state index contributed by atoms with van der Waals surface area (Å²) in [7, 11) is 3.91. The normalized spacial score (nSPS) is 17.3. The first kappa shape index (κ1) is 16.5. The van der Waals surface area contributed by atoms with Crippen LogP contribution in [-0.4, -0.2) is 47.0 Å². The van der Waals surface area contributed by atoms with Gasteiger partial charge < -0.3 is 9.47 Å². The van der Waals surface area contributed by atoms with E-state index < -0.39 is 0 Å². The van der Waals surface area contributed by atoms with Crippen LogP contribution in [0.5, 0.6) is 0 Å². The molecule has 126 valence electrons. The van der Waals surface area contributed by atoms with E-state index >= 15 is 0 Å². The minimum atomic E-state index is -0.150. The van der Waals surface area contributed by atoms with Crippen LogP contribution in [0.1, 0.15) is 11.1 Å². The number of benzene rings is 1.